The van der Waals surface area contributed by atoms with E-state index in [0.29, 0.717) is 19.8 Å². The number of halogens is 3. The van der Waals surface area contributed by atoms with Crippen LogP contribution in [0.15, 0.2) is 24.3 Å². The van der Waals surface area contributed by atoms with E-state index in [1.165, 1.54) is 12.1 Å². The first-order chi connectivity index (χ1) is 12.3. The van der Waals surface area contributed by atoms with Crippen molar-refractivity contribution < 1.29 is 22.7 Å². The molecule has 1 aromatic rings. The molecule has 0 aliphatic carbocycles. The van der Waals surface area contributed by atoms with Gasteiger partial charge in [-0.1, -0.05) is 12.1 Å². The number of benzene rings is 1. The van der Waals surface area contributed by atoms with E-state index in [-0.39, 0.29) is 18.0 Å². The fraction of sp³-hybridized carbons (Fsp3) is 0.632. The van der Waals surface area contributed by atoms with E-state index in [1.54, 1.807) is 6.92 Å². The summed E-state index contributed by atoms with van der Waals surface area (Å²) in [5.74, 6) is 0.0956. The lowest BCUT2D eigenvalue weighted by Gasteiger charge is -2.38. The molecule has 0 bridgehead atoms. The van der Waals surface area contributed by atoms with Gasteiger partial charge in [-0.25, -0.2) is 0 Å². The van der Waals surface area contributed by atoms with E-state index in [4.69, 9.17) is 4.74 Å². The van der Waals surface area contributed by atoms with Gasteiger partial charge in [-0.05, 0) is 37.0 Å². The monoisotopic (exact) mass is 370 g/mol. The maximum atomic E-state index is 12.7. The summed E-state index contributed by atoms with van der Waals surface area (Å²) in [5.41, 5.74) is 0.238. The van der Waals surface area contributed by atoms with Crippen molar-refractivity contribution >= 4 is 5.91 Å². The second-order valence-electron chi connectivity index (χ2n) is 7.14. The Morgan fingerprint density at radius 3 is 2.38 bits per heavy atom. The average molecular weight is 370 g/mol. The third-order valence-electron chi connectivity index (χ3n) is 5.28. The van der Waals surface area contributed by atoms with Gasteiger partial charge >= 0.3 is 6.18 Å². The second kappa shape index (κ2) is 7.96. The second-order valence-corrected chi connectivity index (χ2v) is 7.14. The number of ether oxygens (including phenoxy) is 1. The Bertz CT molecular complexity index is 612. The molecule has 144 valence electrons. The van der Waals surface area contributed by atoms with Gasteiger partial charge in [0.1, 0.15) is 0 Å². The topological polar surface area (TPSA) is 32.8 Å². The predicted octanol–water partition coefficient (Wildman–Crippen LogP) is 3.31. The quantitative estimate of drug-likeness (QED) is 0.815. The third-order valence-corrected chi connectivity index (χ3v) is 5.28. The molecule has 3 rings (SSSR count). The fourth-order valence-electron chi connectivity index (χ4n) is 4.02. The largest absolute Gasteiger partial charge is 0.416 e. The van der Waals surface area contributed by atoms with Crippen LogP contribution in [-0.4, -0.2) is 54.1 Å². The van der Waals surface area contributed by atoms with Crippen LogP contribution in [0.4, 0.5) is 13.2 Å². The maximum Gasteiger partial charge on any atom is 0.416 e. The van der Waals surface area contributed by atoms with Gasteiger partial charge in [0.15, 0.2) is 0 Å². The highest BCUT2D eigenvalue weighted by atomic mass is 19.4. The highest BCUT2D eigenvalue weighted by Gasteiger charge is 2.34. The van der Waals surface area contributed by atoms with Crippen molar-refractivity contribution in [3.8, 4) is 0 Å². The molecule has 2 fully saturated rings. The number of carbonyl (C=O) groups excluding carboxylic acids is 1. The molecular formula is C19H25F3N2O2. The van der Waals surface area contributed by atoms with Crippen molar-refractivity contribution in [2.24, 2.45) is 0 Å². The van der Waals surface area contributed by atoms with Crippen LogP contribution in [-0.2, 0) is 22.3 Å². The summed E-state index contributed by atoms with van der Waals surface area (Å²) in [6, 6.07) is 5.75. The number of amides is 1. The standard InChI is InChI=1S/C19H25F3N2O2/c1-14(25)24(17-7-10-26-11-8-17)18-6-9-23(13-18)12-15-2-4-16(5-3-15)19(20,21)22/h2-5,17-18H,6-13H2,1H3. The van der Waals surface area contributed by atoms with Crippen molar-refractivity contribution in [1.82, 2.24) is 9.80 Å². The first-order valence-electron chi connectivity index (χ1n) is 9.10. The first-order valence-corrected chi connectivity index (χ1v) is 9.10. The van der Waals surface area contributed by atoms with E-state index in [2.05, 4.69) is 4.90 Å². The summed E-state index contributed by atoms with van der Waals surface area (Å²) in [6.45, 7) is 5.21. The fourth-order valence-corrected chi connectivity index (χ4v) is 4.02. The number of rotatable bonds is 4. The SMILES string of the molecule is CC(=O)N(C1CCOCC1)C1CCN(Cc2ccc(C(F)(F)F)cc2)C1. The number of nitrogens with zero attached hydrogens (tertiary/aromatic N) is 2. The number of hydrogen-bond acceptors (Lipinski definition) is 3. The minimum atomic E-state index is -4.30. The minimum Gasteiger partial charge on any atom is -0.381 e. The summed E-state index contributed by atoms with van der Waals surface area (Å²) in [4.78, 5) is 16.4. The van der Waals surface area contributed by atoms with E-state index < -0.39 is 11.7 Å². The smallest absolute Gasteiger partial charge is 0.381 e. The zero-order valence-electron chi connectivity index (χ0n) is 15.0. The molecular weight excluding hydrogens is 345 g/mol. The van der Waals surface area contributed by atoms with Gasteiger partial charge in [0, 0.05) is 51.9 Å². The normalized spacial score (nSPS) is 22.5. The molecule has 0 spiro atoms. The third kappa shape index (κ3) is 4.57. The van der Waals surface area contributed by atoms with Gasteiger partial charge < -0.3 is 9.64 Å². The van der Waals surface area contributed by atoms with Gasteiger partial charge in [-0.15, -0.1) is 0 Å². The Morgan fingerprint density at radius 1 is 1.15 bits per heavy atom. The molecule has 1 amide bonds. The van der Waals surface area contributed by atoms with Crippen molar-refractivity contribution in [2.45, 2.75) is 51.0 Å². The van der Waals surface area contributed by atoms with Crippen LogP contribution < -0.4 is 0 Å². The van der Waals surface area contributed by atoms with Crippen molar-refractivity contribution in [3.05, 3.63) is 35.4 Å². The number of hydrogen-bond donors (Lipinski definition) is 0. The molecule has 7 heteroatoms. The number of likely N-dealkylation sites (tertiary alicyclic amines) is 1. The molecule has 2 aliphatic rings. The summed E-state index contributed by atoms with van der Waals surface area (Å²) in [7, 11) is 0. The average Bonchev–Trinajstić information content (AvgIpc) is 3.03. The molecule has 1 atom stereocenters. The van der Waals surface area contributed by atoms with Gasteiger partial charge in [0.25, 0.3) is 0 Å². The Balaban J connectivity index is 1.59. The maximum absolute atomic E-state index is 12.7. The Morgan fingerprint density at radius 2 is 1.81 bits per heavy atom. The highest BCUT2D eigenvalue weighted by molar-refractivity contribution is 5.74. The lowest BCUT2D eigenvalue weighted by Crippen LogP contribution is -2.49. The summed E-state index contributed by atoms with van der Waals surface area (Å²) >= 11 is 0. The Labute approximate surface area is 151 Å². The molecule has 26 heavy (non-hydrogen) atoms. The summed E-state index contributed by atoms with van der Waals surface area (Å²) in [6.07, 6.45) is -1.66. The Kier molecular flexibility index (Phi) is 5.87. The van der Waals surface area contributed by atoms with Crippen LogP contribution >= 0.6 is 0 Å². The number of alkyl halides is 3. The molecule has 0 saturated carbocycles. The van der Waals surface area contributed by atoms with E-state index in [9.17, 15) is 18.0 Å². The van der Waals surface area contributed by atoms with Crippen LogP contribution in [0.5, 0.6) is 0 Å². The van der Waals surface area contributed by atoms with E-state index in [1.807, 2.05) is 4.90 Å². The van der Waals surface area contributed by atoms with Crippen LogP contribution in [0, 0.1) is 0 Å². The molecule has 4 nitrogen and oxygen atoms in total. The summed E-state index contributed by atoms with van der Waals surface area (Å²) < 4.78 is 43.4. The van der Waals surface area contributed by atoms with E-state index in [0.717, 1.165) is 50.0 Å². The Hall–Kier alpha value is -1.60. The lowest BCUT2D eigenvalue weighted by atomic mass is 10.0. The van der Waals surface area contributed by atoms with Crippen molar-refractivity contribution in [2.75, 3.05) is 26.3 Å². The molecule has 1 aromatic carbocycles. The van der Waals surface area contributed by atoms with Gasteiger partial charge in [-0.2, -0.15) is 13.2 Å². The first kappa shape index (κ1) is 19.2. The van der Waals surface area contributed by atoms with Crippen molar-refractivity contribution in [1.29, 1.82) is 0 Å². The van der Waals surface area contributed by atoms with Crippen molar-refractivity contribution in [3.63, 3.8) is 0 Å². The highest BCUT2D eigenvalue weighted by Crippen LogP contribution is 2.30. The van der Waals surface area contributed by atoms with Gasteiger partial charge in [0.2, 0.25) is 5.91 Å². The molecule has 2 saturated heterocycles. The van der Waals surface area contributed by atoms with Crippen LogP contribution in [0.1, 0.15) is 37.3 Å². The minimum absolute atomic E-state index is 0.0956. The number of carbonyl (C=O) groups is 1. The summed E-state index contributed by atoms with van der Waals surface area (Å²) in [5, 5.41) is 0. The van der Waals surface area contributed by atoms with E-state index >= 15 is 0 Å². The zero-order valence-corrected chi connectivity index (χ0v) is 15.0. The molecule has 1 unspecified atom stereocenters. The zero-order chi connectivity index (χ0) is 18.7. The van der Waals surface area contributed by atoms with Gasteiger partial charge in [-0.3, -0.25) is 9.69 Å². The molecule has 2 heterocycles. The predicted molar refractivity (Wildman–Crippen MR) is 91.5 cm³/mol. The molecule has 0 radical (unpaired) electrons. The van der Waals surface area contributed by atoms with Crippen LogP contribution in [0.2, 0.25) is 0 Å². The van der Waals surface area contributed by atoms with Crippen LogP contribution in [0.3, 0.4) is 0 Å². The molecule has 2 aliphatic heterocycles. The molecule has 0 aromatic heterocycles. The van der Waals surface area contributed by atoms with Crippen LogP contribution in [0.25, 0.3) is 0 Å². The molecule has 0 N–H and O–H groups in total. The van der Waals surface area contributed by atoms with Gasteiger partial charge in [0.05, 0.1) is 5.56 Å². The lowest BCUT2D eigenvalue weighted by molar-refractivity contribution is -0.137.